The largest absolute Gasteiger partial charge is 0.507 e. The van der Waals surface area contributed by atoms with Crippen molar-refractivity contribution in [2.75, 3.05) is 7.11 Å². The third-order valence-corrected chi connectivity index (χ3v) is 2.85. The molecule has 0 fully saturated rings. The number of ether oxygens (including phenoxy) is 1. The molecule has 1 amide bonds. The zero-order valence-electron chi connectivity index (χ0n) is 12.7. The minimum atomic E-state index is -0.613. The Balaban J connectivity index is 0.000000238. The predicted molar refractivity (Wildman–Crippen MR) is 85.5 cm³/mol. The summed E-state index contributed by atoms with van der Waals surface area (Å²) in [6, 6.07) is 8.86. The van der Waals surface area contributed by atoms with Crippen molar-refractivity contribution in [1.29, 1.82) is 5.41 Å². The number of hydrogen-bond donors (Lipinski definition) is 5. The highest BCUT2D eigenvalue weighted by Gasteiger charge is 2.11. The van der Waals surface area contributed by atoms with Crippen LogP contribution in [0.4, 0.5) is 0 Å². The molecule has 0 aliphatic heterocycles. The van der Waals surface area contributed by atoms with Crippen LogP contribution >= 0.6 is 0 Å². The first-order chi connectivity index (χ1) is 10.8. The Hall–Kier alpha value is -3.22. The fraction of sp³-hybridized carbons (Fsp3) is 0.125. The van der Waals surface area contributed by atoms with Gasteiger partial charge in [-0.15, -0.1) is 0 Å². The van der Waals surface area contributed by atoms with Crippen LogP contribution < -0.4 is 10.5 Å². The quantitative estimate of drug-likeness (QED) is 0.551. The van der Waals surface area contributed by atoms with Crippen LogP contribution in [-0.4, -0.2) is 34.0 Å². The van der Waals surface area contributed by atoms with Crippen molar-refractivity contribution in [1.82, 2.24) is 0 Å². The molecule has 0 saturated heterocycles. The second kappa shape index (κ2) is 7.69. The fourth-order valence-corrected chi connectivity index (χ4v) is 1.77. The minimum Gasteiger partial charge on any atom is -0.507 e. The molecule has 0 unspecified atom stereocenters. The van der Waals surface area contributed by atoms with Crippen molar-refractivity contribution in [3.8, 4) is 23.0 Å². The lowest BCUT2D eigenvalue weighted by atomic mass is 10.1. The molecule has 0 aliphatic rings. The molecular formula is C16H18N2O5. The number of amides is 1. The number of carbonyl (C=O) groups is 1. The number of rotatable bonds is 3. The molecule has 0 bridgehead atoms. The Kier molecular flexibility index (Phi) is 5.96. The molecule has 0 heterocycles. The van der Waals surface area contributed by atoms with Gasteiger partial charge < -0.3 is 31.2 Å². The van der Waals surface area contributed by atoms with Crippen LogP contribution in [0.15, 0.2) is 36.4 Å². The predicted octanol–water partition coefficient (Wildman–Crippen LogP) is 1.99. The molecule has 7 heteroatoms. The van der Waals surface area contributed by atoms with E-state index in [1.54, 1.807) is 12.1 Å². The van der Waals surface area contributed by atoms with E-state index < -0.39 is 5.91 Å². The second-order valence-electron chi connectivity index (χ2n) is 4.55. The van der Waals surface area contributed by atoms with Crippen molar-refractivity contribution in [3.05, 3.63) is 47.5 Å². The van der Waals surface area contributed by atoms with E-state index in [1.165, 1.54) is 38.3 Å². The van der Waals surface area contributed by atoms with Crippen LogP contribution in [0.2, 0.25) is 0 Å². The van der Waals surface area contributed by atoms with Crippen LogP contribution in [0, 0.1) is 5.41 Å². The number of carbonyl (C=O) groups excluding carboxylic acids is 1. The maximum absolute atomic E-state index is 10.5. The van der Waals surface area contributed by atoms with Crippen molar-refractivity contribution in [3.63, 3.8) is 0 Å². The molecule has 23 heavy (non-hydrogen) atoms. The van der Waals surface area contributed by atoms with Gasteiger partial charge in [0.15, 0.2) is 0 Å². The SMILES string of the molecule is COc1cc(O)c(C(C)=N)c(O)c1.NC(=O)c1ccccc1O. The number of nitrogens with two attached hydrogens (primary N) is 1. The van der Waals surface area contributed by atoms with Crippen LogP contribution in [0.1, 0.15) is 22.8 Å². The van der Waals surface area contributed by atoms with E-state index in [-0.39, 0.29) is 34.1 Å². The summed E-state index contributed by atoms with van der Waals surface area (Å²) in [5.41, 5.74) is 5.32. The van der Waals surface area contributed by atoms with Gasteiger partial charge in [-0.3, -0.25) is 4.79 Å². The van der Waals surface area contributed by atoms with Gasteiger partial charge in [-0.05, 0) is 19.1 Å². The molecule has 0 spiro atoms. The molecule has 2 aromatic rings. The van der Waals surface area contributed by atoms with E-state index in [9.17, 15) is 15.0 Å². The first-order valence-corrected chi connectivity index (χ1v) is 6.51. The lowest BCUT2D eigenvalue weighted by Crippen LogP contribution is -2.10. The summed E-state index contributed by atoms with van der Waals surface area (Å²) in [5, 5.41) is 35.0. The van der Waals surface area contributed by atoms with Gasteiger partial charge >= 0.3 is 0 Å². The summed E-state index contributed by atoms with van der Waals surface area (Å²) >= 11 is 0. The number of nitrogens with one attached hydrogen (secondary N) is 1. The summed E-state index contributed by atoms with van der Waals surface area (Å²) in [5.74, 6) is -0.623. The van der Waals surface area contributed by atoms with Crippen LogP contribution in [0.3, 0.4) is 0 Å². The smallest absolute Gasteiger partial charge is 0.252 e. The molecular weight excluding hydrogens is 300 g/mol. The first-order valence-electron chi connectivity index (χ1n) is 6.51. The van der Waals surface area contributed by atoms with E-state index in [4.69, 9.17) is 21.0 Å². The zero-order valence-corrected chi connectivity index (χ0v) is 12.7. The van der Waals surface area contributed by atoms with Gasteiger partial charge in [0.25, 0.3) is 5.91 Å². The number of hydrogen-bond acceptors (Lipinski definition) is 6. The van der Waals surface area contributed by atoms with Gasteiger partial charge in [-0.25, -0.2) is 0 Å². The normalized spacial score (nSPS) is 9.48. The lowest BCUT2D eigenvalue weighted by Gasteiger charge is -2.07. The zero-order chi connectivity index (χ0) is 17.6. The molecule has 0 saturated carbocycles. The first kappa shape index (κ1) is 17.8. The lowest BCUT2D eigenvalue weighted by molar-refractivity contribution is 0.0997. The summed E-state index contributed by atoms with van der Waals surface area (Å²) in [6.45, 7) is 1.49. The molecule has 0 aliphatic carbocycles. The fourth-order valence-electron chi connectivity index (χ4n) is 1.77. The maximum Gasteiger partial charge on any atom is 0.252 e. The highest BCUT2D eigenvalue weighted by molar-refractivity contribution is 6.01. The number of para-hydroxylation sites is 1. The van der Waals surface area contributed by atoms with Crippen molar-refractivity contribution in [2.24, 2.45) is 5.73 Å². The molecule has 0 atom stereocenters. The molecule has 7 nitrogen and oxygen atoms in total. The van der Waals surface area contributed by atoms with E-state index >= 15 is 0 Å². The standard InChI is InChI=1S/C9H11NO3.C7H7NO2/c1-5(10)9-7(11)3-6(13-2)4-8(9)12;8-7(10)5-3-1-2-4-6(5)9/h3-4,10-12H,1-2H3;1-4,9H,(H2,8,10). The summed E-state index contributed by atoms with van der Waals surface area (Å²) in [6.07, 6.45) is 0. The summed E-state index contributed by atoms with van der Waals surface area (Å²) < 4.78 is 4.82. The van der Waals surface area contributed by atoms with Gasteiger partial charge in [-0.1, -0.05) is 12.1 Å². The topological polar surface area (TPSA) is 137 Å². The summed E-state index contributed by atoms with van der Waals surface area (Å²) in [7, 11) is 1.44. The van der Waals surface area contributed by atoms with E-state index in [0.717, 1.165) is 0 Å². The van der Waals surface area contributed by atoms with Crippen molar-refractivity contribution in [2.45, 2.75) is 6.92 Å². The Labute approximate surface area is 133 Å². The van der Waals surface area contributed by atoms with Gasteiger partial charge in [0.05, 0.1) is 18.2 Å². The second-order valence-corrected chi connectivity index (χ2v) is 4.55. The third kappa shape index (κ3) is 4.63. The number of primary amides is 1. The molecule has 6 N–H and O–H groups in total. The van der Waals surface area contributed by atoms with Crippen molar-refractivity contribution >= 4 is 11.6 Å². The molecule has 0 aromatic heterocycles. The number of benzene rings is 2. The van der Waals surface area contributed by atoms with Crippen molar-refractivity contribution < 1.29 is 24.9 Å². The number of aromatic hydroxyl groups is 3. The molecule has 0 radical (unpaired) electrons. The van der Waals surface area contributed by atoms with Gasteiger partial charge in [-0.2, -0.15) is 0 Å². The Bertz CT molecular complexity index is 705. The van der Waals surface area contributed by atoms with Crippen LogP contribution in [0.25, 0.3) is 0 Å². The number of phenols is 3. The average Bonchev–Trinajstić information content (AvgIpc) is 2.46. The summed E-state index contributed by atoms with van der Waals surface area (Å²) in [4.78, 5) is 10.5. The molecule has 122 valence electrons. The van der Waals surface area contributed by atoms with E-state index in [0.29, 0.717) is 5.75 Å². The van der Waals surface area contributed by atoms with Gasteiger partial charge in [0.1, 0.15) is 23.0 Å². The van der Waals surface area contributed by atoms with Gasteiger partial charge in [0.2, 0.25) is 0 Å². The monoisotopic (exact) mass is 318 g/mol. The average molecular weight is 318 g/mol. The van der Waals surface area contributed by atoms with E-state index in [2.05, 4.69) is 0 Å². The third-order valence-electron chi connectivity index (χ3n) is 2.85. The minimum absolute atomic E-state index is 0.0741. The molecule has 2 aromatic carbocycles. The molecule has 2 rings (SSSR count). The van der Waals surface area contributed by atoms with E-state index in [1.807, 2.05) is 0 Å². The highest BCUT2D eigenvalue weighted by atomic mass is 16.5. The highest BCUT2D eigenvalue weighted by Crippen LogP contribution is 2.32. The van der Waals surface area contributed by atoms with Gasteiger partial charge in [0, 0.05) is 17.8 Å². The number of phenolic OH excluding ortho intramolecular Hbond substituents is 2. The Morgan fingerprint density at radius 2 is 1.61 bits per heavy atom. The Morgan fingerprint density at radius 1 is 1.09 bits per heavy atom. The number of methoxy groups -OCH3 is 1. The van der Waals surface area contributed by atoms with Crippen LogP contribution in [0.5, 0.6) is 23.0 Å². The maximum atomic E-state index is 10.5. The van der Waals surface area contributed by atoms with Crippen LogP contribution in [-0.2, 0) is 0 Å². The Morgan fingerprint density at radius 3 is 1.96 bits per heavy atom.